The monoisotopic (exact) mass is 251 g/mol. The van der Waals surface area contributed by atoms with Crippen molar-refractivity contribution in [1.29, 1.82) is 0 Å². The summed E-state index contributed by atoms with van der Waals surface area (Å²) in [6.45, 7) is 3.34. The van der Waals surface area contributed by atoms with Crippen LogP contribution >= 0.6 is 0 Å². The summed E-state index contributed by atoms with van der Waals surface area (Å²) < 4.78 is 12.7. The second kappa shape index (κ2) is 4.29. The maximum atomic E-state index is 12.7. The van der Waals surface area contributed by atoms with Crippen molar-refractivity contribution in [2.75, 3.05) is 12.0 Å². The number of carbonyl (C=O) groups excluding carboxylic acids is 2. The minimum absolute atomic E-state index is 0.0553. The molecule has 18 heavy (non-hydrogen) atoms. The molecule has 1 fully saturated rings. The molecule has 0 spiro atoms. The van der Waals surface area contributed by atoms with Crippen LogP contribution in [0.1, 0.15) is 13.8 Å². The standard InChI is InChI=1S/C12H14FN3O2/c1-12(2)10(17)16(11(18)15-12)7-14-9-5-3-8(13)4-6-9/h3-6,14H,7H2,1-2H3,(H,15,18). The number of amides is 3. The maximum Gasteiger partial charge on any atom is 0.326 e. The van der Waals surface area contributed by atoms with E-state index in [1.165, 1.54) is 12.1 Å². The normalized spacial score (nSPS) is 17.8. The molecule has 1 saturated heterocycles. The van der Waals surface area contributed by atoms with Gasteiger partial charge in [-0.3, -0.25) is 4.79 Å². The second-order valence-electron chi connectivity index (χ2n) is 4.63. The predicted molar refractivity (Wildman–Crippen MR) is 64.3 cm³/mol. The Morgan fingerprint density at radius 2 is 1.89 bits per heavy atom. The first-order valence-electron chi connectivity index (χ1n) is 5.54. The SMILES string of the molecule is CC1(C)NC(=O)N(CNc2ccc(F)cc2)C1=O. The average molecular weight is 251 g/mol. The van der Waals surface area contributed by atoms with E-state index >= 15 is 0 Å². The van der Waals surface area contributed by atoms with E-state index in [0.29, 0.717) is 5.69 Å². The summed E-state index contributed by atoms with van der Waals surface area (Å²) in [6.07, 6.45) is 0. The molecule has 1 aromatic carbocycles. The van der Waals surface area contributed by atoms with E-state index in [1.54, 1.807) is 26.0 Å². The van der Waals surface area contributed by atoms with Gasteiger partial charge in [0.15, 0.2) is 0 Å². The lowest BCUT2D eigenvalue weighted by Gasteiger charge is -2.17. The topological polar surface area (TPSA) is 61.4 Å². The van der Waals surface area contributed by atoms with Gasteiger partial charge in [0, 0.05) is 5.69 Å². The minimum atomic E-state index is -0.873. The molecule has 5 nitrogen and oxygen atoms in total. The number of benzene rings is 1. The van der Waals surface area contributed by atoms with Gasteiger partial charge >= 0.3 is 6.03 Å². The first-order chi connectivity index (χ1) is 8.40. The van der Waals surface area contributed by atoms with E-state index in [1.807, 2.05) is 0 Å². The Morgan fingerprint density at radius 3 is 2.39 bits per heavy atom. The van der Waals surface area contributed by atoms with Gasteiger partial charge in [-0.15, -0.1) is 0 Å². The molecule has 1 aliphatic rings. The van der Waals surface area contributed by atoms with Crippen molar-refractivity contribution in [2.45, 2.75) is 19.4 Å². The molecule has 6 heteroatoms. The van der Waals surface area contributed by atoms with Crippen molar-refractivity contribution in [3.63, 3.8) is 0 Å². The molecule has 0 radical (unpaired) electrons. The molecule has 1 aliphatic heterocycles. The number of anilines is 1. The summed E-state index contributed by atoms with van der Waals surface area (Å²) in [6, 6.07) is 5.26. The van der Waals surface area contributed by atoms with Crippen LogP contribution in [0.5, 0.6) is 0 Å². The second-order valence-corrected chi connectivity index (χ2v) is 4.63. The number of hydrogen-bond donors (Lipinski definition) is 2. The van der Waals surface area contributed by atoms with Crippen LogP contribution in [-0.2, 0) is 4.79 Å². The van der Waals surface area contributed by atoms with Crippen LogP contribution in [0, 0.1) is 5.82 Å². The molecule has 3 amide bonds. The van der Waals surface area contributed by atoms with Crippen molar-refractivity contribution in [2.24, 2.45) is 0 Å². The molecule has 0 aromatic heterocycles. The van der Waals surface area contributed by atoms with Gasteiger partial charge in [-0.05, 0) is 38.1 Å². The van der Waals surface area contributed by atoms with E-state index in [-0.39, 0.29) is 18.4 Å². The highest BCUT2D eigenvalue weighted by Gasteiger charge is 2.43. The predicted octanol–water partition coefficient (Wildman–Crippen LogP) is 1.53. The quantitative estimate of drug-likeness (QED) is 0.801. The molecule has 0 bridgehead atoms. The Bertz CT molecular complexity index is 485. The smallest absolute Gasteiger partial charge is 0.326 e. The fourth-order valence-corrected chi connectivity index (χ4v) is 1.70. The van der Waals surface area contributed by atoms with Gasteiger partial charge in [0.05, 0.1) is 6.67 Å². The van der Waals surface area contributed by atoms with Gasteiger partial charge in [-0.25, -0.2) is 14.1 Å². The van der Waals surface area contributed by atoms with E-state index in [2.05, 4.69) is 10.6 Å². The number of imide groups is 1. The molecule has 1 aromatic rings. The van der Waals surface area contributed by atoms with Crippen LogP contribution < -0.4 is 10.6 Å². The number of halogens is 1. The molecule has 2 N–H and O–H groups in total. The zero-order valence-electron chi connectivity index (χ0n) is 10.2. The highest BCUT2D eigenvalue weighted by molar-refractivity contribution is 6.06. The van der Waals surface area contributed by atoms with Crippen molar-refractivity contribution < 1.29 is 14.0 Å². The van der Waals surface area contributed by atoms with Crippen molar-refractivity contribution in [3.05, 3.63) is 30.1 Å². The Hall–Kier alpha value is -2.11. The van der Waals surface area contributed by atoms with Gasteiger partial charge in [-0.2, -0.15) is 0 Å². The first-order valence-corrected chi connectivity index (χ1v) is 5.54. The number of carbonyl (C=O) groups is 2. The Morgan fingerprint density at radius 1 is 1.28 bits per heavy atom. The molecular weight excluding hydrogens is 237 g/mol. The van der Waals surface area contributed by atoms with Crippen molar-refractivity contribution in [3.8, 4) is 0 Å². The molecular formula is C12H14FN3O2. The van der Waals surface area contributed by atoms with E-state index in [4.69, 9.17) is 0 Å². The number of hydrogen-bond acceptors (Lipinski definition) is 3. The minimum Gasteiger partial charge on any atom is -0.367 e. The lowest BCUT2D eigenvalue weighted by molar-refractivity contribution is -0.129. The summed E-state index contributed by atoms with van der Waals surface area (Å²) in [7, 11) is 0. The van der Waals surface area contributed by atoms with Gasteiger partial charge in [-0.1, -0.05) is 0 Å². The van der Waals surface area contributed by atoms with E-state index in [9.17, 15) is 14.0 Å². The van der Waals surface area contributed by atoms with E-state index in [0.717, 1.165) is 4.90 Å². The molecule has 0 aliphatic carbocycles. The molecule has 0 unspecified atom stereocenters. The summed E-state index contributed by atoms with van der Waals surface area (Å²) in [5.41, 5.74) is -0.233. The molecule has 2 rings (SSSR count). The highest BCUT2D eigenvalue weighted by Crippen LogP contribution is 2.17. The third kappa shape index (κ3) is 2.27. The Balaban J connectivity index is 2.01. The average Bonchev–Trinajstić information content (AvgIpc) is 2.49. The van der Waals surface area contributed by atoms with Crippen LogP contribution in [0.2, 0.25) is 0 Å². The van der Waals surface area contributed by atoms with Crippen LogP contribution in [0.4, 0.5) is 14.9 Å². The third-order valence-electron chi connectivity index (χ3n) is 2.73. The maximum absolute atomic E-state index is 12.7. The molecule has 1 heterocycles. The van der Waals surface area contributed by atoms with Gasteiger partial charge < -0.3 is 10.6 Å². The number of rotatable bonds is 3. The van der Waals surface area contributed by atoms with Crippen molar-refractivity contribution in [1.82, 2.24) is 10.2 Å². The zero-order valence-corrected chi connectivity index (χ0v) is 10.2. The first kappa shape index (κ1) is 12.3. The summed E-state index contributed by atoms with van der Waals surface area (Å²) in [4.78, 5) is 24.5. The molecule has 0 atom stereocenters. The Labute approximate surface area is 104 Å². The lowest BCUT2D eigenvalue weighted by atomic mass is 10.1. The molecule has 96 valence electrons. The highest BCUT2D eigenvalue weighted by atomic mass is 19.1. The fraction of sp³-hybridized carbons (Fsp3) is 0.333. The van der Waals surface area contributed by atoms with Crippen molar-refractivity contribution >= 4 is 17.6 Å². The Kier molecular flexibility index (Phi) is 2.94. The summed E-state index contributed by atoms with van der Waals surface area (Å²) in [5.74, 6) is -0.626. The summed E-state index contributed by atoms with van der Waals surface area (Å²) in [5, 5.41) is 5.47. The number of nitrogens with zero attached hydrogens (tertiary/aromatic N) is 1. The van der Waals surface area contributed by atoms with Crippen LogP contribution in [0.25, 0.3) is 0 Å². The third-order valence-corrected chi connectivity index (χ3v) is 2.73. The fourth-order valence-electron chi connectivity index (χ4n) is 1.70. The largest absolute Gasteiger partial charge is 0.367 e. The lowest BCUT2D eigenvalue weighted by Crippen LogP contribution is -2.41. The van der Waals surface area contributed by atoms with Crippen LogP contribution in [0.3, 0.4) is 0 Å². The van der Waals surface area contributed by atoms with Crippen LogP contribution in [0.15, 0.2) is 24.3 Å². The van der Waals surface area contributed by atoms with E-state index < -0.39 is 11.6 Å². The van der Waals surface area contributed by atoms with Gasteiger partial charge in [0.1, 0.15) is 11.4 Å². The van der Waals surface area contributed by atoms with Gasteiger partial charge in [0.2, 0.25) is 0 Å². The van der Waals surface area contributed by atoms with Gasteiger partial charge in [0.25, 0.3) is 5.91 Å². The number of nitrogens with one attached hydrogen (secondary N) is 2. The zero-order chi connectivity index (χ0) is 13.3. The number of urea groups is 1. The summed E-state index contributed by atoms with van der Waals surface area (Å²) >= 11 is 0. The molecule has 0 saturated carbocycles. The van der Waals surface area contributed by atoms with Crippen LogP contribution in [-0.4, -0.2) is 29.0 Å².